The second-order valence-electron chi connectivity index (χ2n) is 8.37. The number of hydrogen-bond donors (Lipinski definition) is 1. The maximum absolute atomic E-state index is 12.9. The van der Waals surface area contributed by atoms with Crippen molar-refractivity contribution in [1.29, 1.82) is 0 Å². The molecule has 3 aromatic rings. The van der Waals surface area contributed by atoms with Crippen LogP contribution in [-0.2, 0) is 11.3 Å². The Balaban J connectivity index is 1.35. The van der Waals surface area contributed by atoms with Crippen LogP contribution in [0.3, 0.4) is 0 Å². The van der Waals surface area contributed by atoms with Gasteiger partial charge in [0.1, 0.15) is 17.5 Å². The van der Waals surface area contributed by atoms with Crippen molar-refractivity contribution in [1.82, 2.24) is 24.4 Å². The number of pyridine rings is 2. The predicted molar refractivity (Wildman–Crippen MR) is 121 cm³/mol. The van der Waals surface area contributed by atoms with Crippen LogP contribution in [0.25, 0.3) is 0 Å². The lowest BCUT2D eigenvalue weighted by Crippen LogP contribution is -2.41. The number of carbonyl (C=O) groups excluding carboxylic acids is 1. The van der Waals surface area contributed by atoms with E-state index < -0.39 is 0 Å². The molecule has 1 aliphatic heterocycles. The molecule has 1 fully saturated rings. The van der Waals surface area contributed by atoms with Crippen molar-refractivity contribution in [3.63, 3.8) is 0 Å². The van der Waals surface area contributed by atoms with Gasteiger partial charge in [-0.1, -0.05) is 19.1 Å². The molecule has 1 atom stereocenters. The van der Waals surface area contributed by atoms with Gasteiger partial charge in [0.25, 0.3) is 0 Å². The number of aromatic nitrogens is 4. The van der Waals surface area contributed by atoms with Gasteiger partial charge in [-0.25, -0.2) is 15.0 Å². The van der Waals surface area contributed by atoms with Gasteiger partial charge in [-0.05, 0) is 50.5 Å². The van der Waals surface area contributed by atoms with Crippen molar-refractivity contribution in [2.45, 2.75) is 46.1 Å². The van der Waals surface area contributed by atoms with Crippen LogP contribution in [0.5, 0.6) is 0 Å². The highest BCUT2D eigenvalue weighted by atomic mass is 16.2. The Labute approximate surface area is 183 Å². The highest BCUT2D eigenvalue weighted by Gasteiger charge is 2.27. The topological polar surface area (TPSA) is 75.9 Å². The van der Waals surface area contributed by atoms with Crippen LogP contribution in [0.1, 0.15) is 42.8 Å². The third-order valence-corrected chi connectivity index (χ3v) is 6.07. The number of rotatable bonds is 6. The lowest BCUT2D eigenvalue weighted by atomic mass is 9.92. The van der Waals surface area contributed by atoms with E-state index in [-0.39, 0.29) is 11.8 Å². The Morgan fingerprint density at radius 3 is 2.65 bits per heavy atom. The van der Waals surface area contributed by atoms with Gasteiger partial charge in [-0.15, -0.1) is 0 Å². The van der Waals surface area contributed by atoms with Crippen molar-refractivity contribution in [3.05, 3.63) is 66.0 Å². The molecule has 31 heavy (non-hydrogen) atoms. The van der Waals surface area contributed by atoms with E-state index in [0.717, 1.165) is 54.6 Å². The van der Waals surface area contributed by atoms with Crippen molar-refractivity contribution >= 4 is 17.5 Å². The quantitative estimate of drug-likeness (QED) is 0.653. The third kappa shape index (κ3) is 4.93. The average molecular weight is 419 g/mol. The molecule has 1 saturated heterocycles. The summed E-state index contributed by atoms with van der Waals surface area (Å²) in [6.45, 7) is 8.22. The fourth-order valence-electron chi connectivity index (χ4n) is 4.16. The molecule has 1 aliphatic rings. The van der Waals surface area contributed by atoms with Gasteiger partial charge in [0.2, 0.25) is 5.91 Å². The fourth-order valence-corrected chi connectivity index (χ4v) is 4.16. The van der Waals surface area contributed by atoms with Gasteiger partial charge in [0.05, 0.1) is 5.92 Å². The Hall–Kier alpha value is -3.22. The summed E-state index contributed by atoms with van der Waals surface area (Å²) in [5.41, 5.74) is 2.16. The Morgan fingerprint density at radius 1 is 1.13 bits per heavy atom. The first kappa shape index (κ1) is 21.0. The standard InChI is InChI=1S/C24H30N6O/c1-17-6-5-11-26-23(17)28-22-8-4-7-21(27-22)20-9-13-29(14-10-20)24(31)18(2)16-30-15-12-25-19(30)3/h4-8,11-12,15,18,20H,9-10,13-14,16H2,1-3H3,(H,26,27,28). The number of anilines is 2. The van der Waals surface area contributed by atoms with Gasteiger partial charge in [0, 0.05) is 49.8 Å². The molecule has 0 bridgehead atoms. The van der Waals surface area contributed by atoms with E-state index in [1.807, 2.05) is 60.7 Å². The normalized spacial score (nSPS) is 15.6. The van der Waals surface area contributed by atoms with Crippen molar-refractivity contribution in [3.8, 4) is 0 Å². The molecule has 3 aromatic heterocycles. The zero-order valence-electron chi connectivity index (χ0n) is 18.5. The van der Waals surface area contributed by atoms with Crippen molar-refractivity contribution < 1.29 is 4.79 Å². The molecular weight excluding hydrogens is 388 g/mol. The van der Waals surface area contributed by atoms with Crippen LogP contribution >= 0.6 is 0 Å². The molecule has 7 nitrogen and oxygen atoms in total. The highest BCUT2D eigenvalue weighted by Crippen LogP contribution is 2.29. The second-order valence-corrected chi connectivity index (χ2v) is 8.37. The number of amides is 1. The van der Waals surface area contributed by atoms with Gasteiger partial charge in [-0.2, -0.15) is 0 Å². The highest BCUT2D eigenvalue weighted by molar-refractivity contribution is 5.78. The third-order valence-electron chi connectivity index (χ3n) is 6.07. The van der Waals surface area contributed by atoms with Crippen LogP contribution in [0, 0.1) is 19.8 Å². The lowest BCUT2D eigenvalue weighted by molar-refractivity contribution is -0.136. The van der Waals surface area contributed by atoms with Crippen LogP contribution < -0.4 is 5.32 Å². The van der Waals surface area contributed by atoms with Crippen LogP contribution in [0.2, 0.25) is 0 Å². The summed E-state index contributed by atoms with van der Waals surface area (Å²) in [7, 11) is 0. The predicted octanol–water partition coefficient (Wildman–Crippen LogP) is 4.08. The number of carbonyl (C=O) groups is 1. The molecule has 0 aromatic carbocycles. The maximum atomic E-state index is 12.9. The number of nitrogens with one attached hydrogen (secondary N) is 1. The molecule has 0 spiro atoms. The van der Waals surface area contributed by atoms with E-state index in [0.29, 0.717) is 12.5 Å². The zero-order chi connectivity index (χ0) is 21.8. The minimum absolute atomic E-state index is 0.0586. The molecule has 7 heteroatoms. The summed E-state index contributed by atoms with van der Waals surface area (Å²) in [5.74, 6) is 3.11. The lowest BCUT2D eigenvalue weighted by Gasteiger charge is -2.33. The first-order valence-electron chi connectivity index (χ1n) is 10.9. The minimum atomic E-state index is -0.0586. The van der Waals surface area contributed by atoms with Gasteiger partial charge < -0.3 is 14.8 Å². The number of aryl methyl sites for hydroxylation is 2. The maximum Gasteiger partial charge on any atom is 0.227 e. The number of likely N-dealkylation sites (tertiary alicyclic amines) is 1. The molecule has 4 rings (SSSR count). The molecular formula is C24H30N6O. The summed E-state index contributed by atoms with van der Waals surface area (Å²) in [6.07, 6.45) is 7.36. The Kier molecular flexibility index (Phi) is 6.30. The van der Waals surface area contributed by atoms with Crippen LogP contribution in [0.15, 0.2) is 48.9 Å². The molecule has 4 heterocycles. The molecule has 1 N–H and O–H groups in total. The Morgan fingerprint density at radius 2 is 1.94 bits per heavy atom. The van der Waals surface area contributed by atoms with Gasteiger partial charge in [-0.3, -0.25) is 4.79 Å². The number of imidazole rings is 1. The van der Waals surface area contributed by atoms with E-state index in [1.165, 1.54) is 0 Å². The van der Waals surface area contributed by atoms with E-state index in [1.54, 1.807) is 12.4 Å². The summed E-state index contributed by atoms with van der Waals surface area (Å²) in [4.78, 5) is 28.4. The largest absolute Gasteiger partial charge is 0.342 e. The van der Waals surface area contributed by atoms with Gasteiger partial charge in [0.15, 0.2) is 0 Å². The fraction of sp³-hybridized carbons (Fsp3) is 0.417. The van der Waals surface area contributed by atoms with Crippen LogP contribution in [0.4, 0.5) is 11.6 Å². The zero-order valence-corrected chi connectivity index (χ0v) is 18.5. The first-order chi connectivity index (χ1) is 15.0. The summed E-state index contributed by atoms with van der Waals surface area (Å²) >= 11 is 0. The van der Waals surface area contributed by atoms with E-state index >= 15 is 0 Å². The SMILES string of the molecule is Cc1cccnc1Nc1cccc(C2CCN(C(=O)C(C)Cn3ccnc3C)CC2)n1. The van der Waals surface area contributed by atoms with E-state index in [2.05, 4.69) is 21.4 Å². The summed E-state index contributed by atoms with van der Waals surface area (Å²) < 4.78 is 2.04. The summed E-state index contributed by atoms with van der Waals surface area (Å²) in [6, 6.07) is 10.0. The monoisotopic (exact) mass is 418 g/mol. The molecule has 1 unspecified atom stereocenters. The second kappa shape index (κ2) is 9.29. The minimum Gasteiger partial charge on any atom is -0.342 e. The first-order valence-corrected chi connectivity index (χ1v) is 10.9. The average Bonchev–Trinajstić information content (AvgIpc) is 3.19. The van der Waals surface area contributed by atoms with Crippen LogP contribution in [-0.4, -0.2) is 43.4 Å². The summed E-state index contributed by atoms with van der Waals surface area (Å²) in [5, 5.41) is 3.32. The van der Waals surface area contributed by atoms with E-state index in [9.17, 15) is 4.79 Å². The number of nitrogens with zero attached hydrogens (tertiary/aromatic N) is 5. The number of piperidine rings is 1. The van der Waals surface area contributed by atoms with Gasteiger partial charge >= 0.3 is 0 Å². The number of hydrogen-bond acceptors (Lipinski definition) is 5. The van der Waals surface area contributed by atoms with E-state index in [4.69, 9.17) is 4.98 Å². The smallest absolute Gasteiger partial charge is 0.227 e. The van der Waals surface area contributed by atoms with Crippen molar-refractivity contribution in [2.75, 3.05) is 18.4 Å². The molecule has 0 aliphatic carbocycles. The molecule has 1 amide bonds. The molecule has 0 saturated carbocycles. The molecule has 162 valence electrons. The Bertz CT molecular complexity index is 1040. The molecule has 0 radical (unpaired) electrons. The van der Waals surface area contributed by atoms with Crippen molar-refractivity contribution in [2.24, 2.45) is 5.92 Å².